The van der Waals surface area contributed by atoms with Gasteiger partial charge < -0.3 is 0 Å². The summed E-state index contributed by atoms with van der Waals surface area (Å²) in [6, 6.07) is 7.79. The molecule has 2 heteroatoms. The van der Waals surface area contributed by atoms with E-state index in [0.29, 0.717) is 0 Å². The van der Waals surface area contributed by atoms with Crippen LogP contribution in [0.4, 0.5) is 0 Å². The molecule has 0 amide bonds. The smallest absolute Gasteiger partial charge is 0.152 e. The normalized spacial score (nSPS) is 10.5. The van der Waals surface area contributed by atoms with Crippen LogP contribution < -0.4 is 0 Å². The Morgan fingerprint density at radius 3 is 2.83 bits per heavy atom. The highest BCUT2D eigenvalue weighted by Gasteiger charge is 1.88. The summed E-state index contributed by atoms with van der Waals surface area (Å²) in [7, 11) is 0. The van der Waals surface area contributed by atoms with Gasteiger partial charge in [-0.25, -0.2) is 0 Å². The molecule has 1 rings (SSSR count). The lowest BCUT2D eigenvalue weighted by Gasteiger charge is -1.92. The molecule has 1 nitrogen and oxygen atoms in total. The molecule has 0 spiro atoms. The minimum Gasteiger partial charge on any atom is -0.295 e. The van der Waals surface area contributed by atoms with Crippen molar-refractivity contribution >= 4 is 27.8 Å². The Morgan fingerprint density at radius 2 is 2.25 bits per heavy atom. The van der Waals surface area contributed by atoms with Crippen LogP contribution in [0, 0.1) is 0 Å². The molecule has 0 aliphatic carbocycles. The lowest BCUT2D eigenvalue weighted by Crippen LogP contribution is -1.79. The summed E-state index contributed by atoms with van der Waals surface area (Å²) in [6.45, 7) is 1.54. The molecule has 0 unspecified atom stereocenters. The summed E-state index contributed by atoms with van der Waals surface area (Å²) in [5.41, 5.74) is 1.03. The van der Waals surface area contributed by atoms with Crippen LogP contribution in [0.15, 0.2) is 34.8 Å². The number of allylic oxidation sites excluding steroid dienone is 1. The molecule has 0 aromatic heterocycles. The van der Waals surface area contributed by atoms with Gasteiger partial charge in [-0.2, -0.15) is 0 Å². The van der Waals surface area contributed by atoms with E-state index in [1.807, 2.05) is 24.3 Å². The Labute approximate surface area is 80.2 Å². The molecule has 1 aromatic carbocycles. The maximum Gasteiger partial charge on any atom is 0.152 e. The summed E-state index contributed by atoms with van der Waals surface area (Å²) in [6.07, 6.45) is 3.36. The largest absolute Gasteiger partial charge is 0.295 e. The van der Waals surface area contributed by atoms with E-state index in [0.717, 1.165) is 10.0 Å². The van der Waals surface area contributed by atoms with Gasteiger partial charge in [-0.3, -0.25) is 4.79 Å². The molecule has 0 aliphatic rings. The second-order valence-electron chi connectivity index (χ2n) is 2.50. The molecule has 12 heavy (non-hydrogen) atoms. The number of hydrogen-bond acceptors (Lipinski definition) is 1. The van der Waals surface area contributed by atoms with Gasteiger partial charge in [0.15, 0.2) is 5.78 Å². The van der Waals surface area contributed by atoms with Crippen molar-refractivity contribution in [3.8, 4) is 0 Å². The first kappa shape index (κ1) is 9.20. The fourth-order valence-electron chi connectivity index (χ4n) is 0.824. The fourth-order valence-corrected chi connectivity index (χ4v) is 1.24. The number of rotatable bonds is 2. The van der Waals surface area contributed by atoms with Gasteiger partial charge in [0.2, 0.25) is 0 Å². The minimum absolute atomic E-state index is 0.0648. The van der Waals surface area contributed by atoms with Crippen molar-refractivity contribution in [2.24, 2.45) is 0 Å². The van der Waals surface area contributed by atoms with E-state index in [-0.39, 0.29) is 5.78 Å². The van der Waals surface area contributed by atoms with Gasteiger partial charge in [0, 0.05) is 4.47 Å². The Morgan fingerprint density at radius 1 is 1.50 bits per heavy atom. The molecule has 0 aliphatic heterocycles. The summed E-state index contributed by atoms with van der Waals surface area (Å²) in [5, 5.41) is 0. The van der Waals surface area contributed by atoms with Gasteiger partial charge in [0.25, 0.3) is 0 Å². The van der Waals surface area contributed by atoms with Gasteiger partial charge >= 0.3 is 0 Å². The lowest BCUT2D eigenvalue weighted by molar-refractivity contribution is -0.112. The molecule has 0 bridgehead atoms. The summed E-state index contributed by atoms with van der Waals surface area (Å²) in [5.74, 6) is 0.0648. The van der Waals surface area contributed by atoms with Gasteiger partial charge in [-0.15, -0.1) is 0 Å². The zero-order valence-corrected chi connectivity index (χ0v) is 8.34. The zero-order chi connectivity index (χ0) is 8.97. The molecule has 0 atom stereocenters. The predicted molar refractivity (Wildman–Crippen MR) is 53.9 cm³/mol. The van der Waals surface area contributed by atoms with E-state index in [4.69, 9.17) is 0 Å². The van der Waals surface area contributed by atoms with Crippen LogP contribution >= 0.6 is 15.9 Å². The fraction of sp³-hybridized carbons (Fsp3) is 0.100. The maximum atomic E-state index is 10.6. The van der Waals surface area contributed by atoms with E-state index in [2.05, 4.69) is 15.9 Å². The molecule has 0 N–H and O–H groups in total. The molecule has 0 saturated heterocycles. The number of carbonyl (C=O) groups is 1. The first-order chi connectivity index (χ1) is 5.68. The average Bonchev–Trinajstić information content (AvgIpc) is 2.01. The third-order valence-electron chi connectivity index (χ3n) is 1.36. The van der Waals surface area contributed by atoms with Crippen LogP contribution in [0.3, 0.4) is 0 Å². The number of carbonyl (C=O) groups excluding carboxylic acids is 1. The van der Waals surface area contributed by atoms with E-state index in [1.54, 1.807) is 12.2 Å². The van der Waals surface area contributed by atoms with E-state index < -0.39 is 0 Å². The number of halogens is 1. The van der Waals surface area contributed by atoms with Crippen molar-refractivity contribution in [2.45, 2.75) is 6.92 Å². The Hall–Kier alpha value is -0.890. The van der Waals surface area contributed by atoms with Crippen molar-refractivity contribution < 1.29 is 4.79 Å². The van der Waals surface area contributed by atoms with Gasteiger partial charge in [0.1, 0.15) is 0 Å². The van der Waals surface area contributed by atoms with Crippen LogP contribution in [0.5, 0.6) is 0 Å². The van der Waals surface area contributed by atoms with Crippen LogP contribution in [-0.2, 0) is 4.79 Å². The molecule has 62 valence electrons. The van der Waals surface area contributed by atoms with E-state index in [1.165, 1.54) is 6.92 Å². The second-order valence-corrected chi connectivity index (χ2v) is 3.41. The van der Waals surface area contributed by atoms with Crippen molar-refractivity contribution in [1.82, 2.24) is 0 Å². The van der Waals surface area contributed by atoms with Gasteiger partial charge in [0.05, 0.1) is 0 Å². The van der Waals surface area contributed by atoms with Crippen LogP contribution in [-0.4, -0.2) is 5.78 Å². The molecule has 0 heterocycles. The van der Waals surface area contributed by atoms with E-state index >= 15 is 0 Å². The van der Waals surface area contributed by atoms with Crippen LogP contribution in [0.25, 0.3) is 6.08 Å². The number of ketones is 1. The molecule has 1 aromatic rings. The topological polar surface area (TPSA) is 17.1 Å². The van der Waals surface area contributed by atoms with Crippen molar-refractivity contribution in [3.63, 3.8) is 0 Å². The number of benzene rings is 1. The highest BCUT2D eigenvalue weighted by atomic mass is 79.9. The summed E-state index contributed by atoms with van der Waals surface area (Å²) in [4.78, 5) is 10.6. The quantitative estimate of drug-likeness (QED) is 0.707. The maximum absolute atomic E-state index is 10.6. The highest BCUT2D eigenvalue weighted by molar-refractivity contribution is 9.10. The number of hydrogen-bond donors (Lipinski definition) is 0. The second kappa shape index (κ2) is 4.21. The van der Waals surface area contributed by atoms with Crippen molar-refractivity contribution in [2.75, 3.05) is 0 Å². The summed E-state index contributed by atoms with van der Waals surface area (Å²) < 4.78 is 1.02. The predicted octanol–water partition coefficient (Wildman–Crippen LogP) is 3.05. The third-order valence-corrected chi connectivity index (χ3v) is 1.85. The molecular weight excluding hydrogens is 216 g/mol. The average molecular weight is 225 g/mol. The van der Waals surface area contributed by atoms with E-state index in [9.17, 15) is 4.79 Å². The van der Waals surface area contributed by atoms with Crippen molar-refractivity contribution in [1.29, 1.82) is 0 Å². The highest BCUT2D eigenvalue weighted by Crippen LogP contribution is 2.12. The molecular formula is C10H9BrO. The summed E-state index contributed by atoms with van der Waals surface area (Å²) >= 11 is 3.35. The standard InChI is InChI=1S/C10H9BrO/c1-8(12)5-6-9-3-2-4-10(11)7-9/h2-7H,1H3/b6-5-. The van der Waals surface area contributed by atoms with Gasteiger partial charge in [-0.1, -0.05) is 34.1 Å². The molecule has 0 fully saturated rings. The molecule has 0 saturated carbocycles. The van der Waals surface area contributed by atoms with Crippen LogP contribution in [0.1, 0.15) is 12.5 Å². The monoisotopic (exact) mass is 224 g/mol. The first-order valence-corrected chi connectivity index (χ1v) is 4.42. The first-order valence-electron chi connectivity index (χ1n) is 3.63. The lowest BCUT2D eigenvalue weighted by atomic mass is 10.2. The van der Waals surface area contributed by atoms with Gasteiger partial charge in [-0.05, 0) is 30.7 Å². The molecule has 0 radical (unpaired) electrons. The Kier molecular flexibility index (Phi) is 3.23. The van der Waals surface area contributed by atoms with Crippen LogP contribution in [0.2, 0.25) is 0 Å². The SMILES string of the molecule is CC(=O)/C=C\c1cccc(Br)c1. The zero-order valence-electron chi connectivity index (χ0n) is 6.75. The minimum atomic E-state index is 0.0648. The third kappa shape index (κ3) is 3.01. The Bertz CT molecular complexity index is 315. The Balaban J connectivity index is 2.83. The van der Waals surface area contributed by atoms with Crippen molar-refractivity contribution in [3.05, 3.63) is 40.4 Å².